The molecule has 1 aliphatic carbocycles. The summed E-state index contributed by atoms with van der Waals surface area (Å²) in [5.41, 5.74) is 1.22. The van der Waals surface area contributed by atoms with Crippen molar-refractivity contribution in [1.29, 1.82) is 0 Å². The van der Waals surface area contributed by atoms with E-state index in [1.165, 1.54) is 10.0 Å². The number of allylic oxidation sites excluding steroid dienone is 1. The van der Waals surface area contributed by atoms with Crippen LogP contribution in [0.3, 0.4) is 0 Å². The van der Waals surface area contributed by atoms with E-state index in [-0.39, 0.29) is 26.4 Å². The molecule has 2 nitrogen and oxygen atoms in total. The normalized spacial score (nSPS) is 26.0. The second-order valence-corrected chi connectivity index (χ2v) is 12.3. The van der Waals surface area contributed by atoms with Gasteiger partial charge < -0.3 is 0 Å². The molecule has 0 saturated carbocycles. The Morgan fingerprint density at radius 2 is 1.68 bits per heavy atom. The van der Waals surface area contributed by atoms with Gasteiger partial charge in [-0.2, -0.15) is 0 Å². The van der Waals surface area contributed by atoms with Crippen molar-refractivity contribution >= 4 is 48.5 Å². The Morgan fingerprint density at radius 1 is 1.04 bits per heavy atom. The quantitative estimate of drug-likeness (QED) is 0.356. The monoisotopic (exact) mass is 479 g/mol. The van der Waals surface area contributed by atoms with E-state index in [4.69, 9.17) is 23.2 Å². The van der Waals surface area contributed by atoms with Crippen LogP contribution in [0, 0.1) is 0 Å². The second kappa shape index (κ2) is 6.92. The molecule has 2 aromatic rings. The predicted molar refractivity (Wildman–Crippen MR) is 118 cm³/mol. The third-order valence-electron chi connectivity index (χ3n) is 5.60. The topological polar surface area (TPSA) is 20.3 Å². The summed E-state index contributed by atoms with van der Waals surface area (Å²) in [5.74, 6) is -0.213. The molecule has 1 unspecified atom stereocenters. The Labute approximate surface area is 183 Å². The molecular weight excluding hydrogens is 456 g/mol. The summed E-state index contributed by atoms with van der Waals surface area (Å²) in [6, 6.07) is 18.9. The maximum absolute atomic E-state index is 13.2. The number of alkyl halides is 2. The molecule has 2 aliphatic rings. The van der Waals surface area contributed by atoms with Crippen LogP contribution in [0.4, 0.5) is 0 Å². The van der Waals surface area contributed by atoms with Gasteiger partial charge in [0.05, 0.1) is 0 Å². The van der Waals surface area contributed by atoms with Crippen LogP contribution in [-0.2, 0) is 10.2 Å². The Kier molecular flexibility index (Phi) is 4.95. The number of benzene rings is 2. The predicted octanol–water partition coefficient (Wildman–Crippen LogP) is 4.38. The first kappa shape index (κ1) is 20.0. The average Bonchev–Trinajstić information content (AvgIpc) is 2.86. The number of fused-ring (bicyclic) bond motifs is 2. The van der Waals surface area contributed by atoms with E-state index < -0.39 is 9.75 Å². The second-order valence-electron chi connectivity index (χ2n) is 8.41. The van der Waals surface area contributed by atoms with Crippen LogP contribution in [0.5, 0.6) is 0 Å². The molecule has 1 fully saturated rings. The number of hydrogen-bond donors (Lipinski definition) is 0. The van der Waals surface area contributed by atoms with Crippen molar-refractivity contribution in [2.24, 2.45) is 0 Å². The van der Waals surface area contributed by atoms with Crippen molar-refractivity contribution in [3.63, 3.8) is 0 Å². The molecule has 1 saturated heterocycles. The van der Waals surface area contributed by atoms with Gasteiger partial charge in [-0.25, -0.2) is 0 Å². The minimum absolute atomic E-state index is 0.213. The fourth-order valence-electron chi connectivity index (χ4n) is 4.08. The van der Waals surface area contributed by atoms with E-state index in [2.05, 4.69) is 54.6 Å². The zero-order valence-electron chi connectivity index (χ0n) is 16.2. The van der Waals surface area contributed by atoms with Crippen LogP contribution in [0.1, 0.15) is 36.7 Å². The number of rotatable bonds is 2. The molecule has 0 N–H and O–H groups in total. The van der Waals surface area contributed by atoms with Gasteiger partial charge in [-0.05, 0) is 0 Å². The molecule has 0 aromatic heterocycles. The number of hydrogen-bond acceptors (Lipinski definition) is 1. The summed E-state index contributed by atoms with van der Waals surface area (Å²) >= 11 is 13.9. The molecule has 1 heterocycles. The number of likely N-dealkylation sites (tertiary alicyclic amines) is 1. The Bertz CT molecular complexity index is 935. The fraction of sp³-hybridized carbons (Fsp3) is 0.348. The van der Waals surface area contributed by atoms with Gasteiger partial charge in [-0.1, -0.05) is 0 Å². The number of amides is 1. The molecule has 0 bridgehead atoms. The van der Waals surface area contributed by atoms with Crippen molar-refractivity contribution in [3.05, 3.63) is 77.9 Å². The molecule has 1 amide bonds. The Morgan fingerprint density at radius 3 is 2.32 bits per heavy atom. The van der Waals surface area contributed by atoms with Crippen LogP contribution >= 0.6 is 23.2 Å². The van der Waals surface area contributed by atoms with E-state index in [1.54, 1.807) is 0 Å². The van der Waals surface area contributed by atoms with Crippen molar-refractivity contribution in [1.82, 2.24) is 4.90 Å². The van der Waals surface area contributed by atoms with E-state index in [0.717, 1.165) is 5.56 Å². The summed E-state index contributed by atoms with van der Waals surface area (Å²) in [4.78, 5) is 15.3. The summed E-state index contributed by atoms with van der Waals surface area (Å²) in [6.07, 6.45) is 4.32. The Hall–Kier alpha value is -1.25. The van der Waals surface area contributed by atoms with Gasteiger partial charge in [0.2, 0.25) is 0 Å². The van der Waals surface area contributed by atoms with Crippen LogP contribution < -0.4 is 4.46 Å². The van der Waals surface area contributed by atoms with Crippen LogP contribution in [-0.4, -0.2) is 42.2 Å². The first-order valence-corrected chi connectivity index (χ1v) is 12.0. The summed E-state index contributed by atoms with van der Waals surface area (Å²) in [6.45, 7) is 6.55. The molecule has 1 aliphatic heterocycles. The van der Waals surface area contributed by atoms with Crippen molar-refractivity contribution in [3.8, 4) is 0 Å². The minimum atomic E-state index is -1.52. The molecule has 4 rings (SSSR count). The summed E-state index contributed by atoms with van der Waals surface area (Å²) in [7, 11) is 0. The molecule has 5 heteroatoms. The fourth-order valence-corrected chi connectivity index (χ4v) is 7.03. The van der Waals surface area contributed by atoms with Crippen LogP contribution in [0.25, 0.3) is 0 Å². The molecule has 146 valence electrons. The third kappa shape index (κ3) is 3.04. The van der Waals surface area contributed by atoms with Gasteiger partial charge in [-0.15, -0.1) is 0 Å². The van der Waals surface area contributed by atoms with E-state index >= 15 is 0 Å². The van der Waals surface area contributed by atoms with Crippen molar-refractivity contribution < 1.29 is 4.79 Å². The van der Waals surface area contributed by atoms with Gasteiger partial charge in [0.15, 0.2) is 0 Å². The molecule has 0 radical (unpaired) electrons. The van der Waals surface area contributed by atoms with Gasteiger partial charge in [-0.3, -0.25) is 0 Å². The zero-order chi connectivity index (χ0) is 20.2. The SMILES string of the molecule is CC(C)(C)N1CC2(C=C[C@@H]([Se]c3ccccc3)c3ccccc32)C(Cl)(Cl)C1=O. The molecule has 1 spiro atoms. The number of carbonyl (C=O) groups is 1. The average molecular weight is 479 g/mol. The molecule has 2 aromatic carbocycles. The van der Waals surface area contributed by atoms with E-state index in [1.807, 2.05) is 37.8 Å². The third-order valence-corrected chi connectivity index (χ3v) is 9.14. The number of halogens is 2. The number of carbonyl (C=O) groups excluding carboxylic acids is 1. The first-order valence-electron chi connectivity index (χ1n) is 9.37. The number of nitrogens with zero attached hydrogens (tertiary/aromatic N) is 1. The van der Waals surface area contributed by atoms with Gasteiger partial charge in [0, 0.05) is 0 Å². The van der Waals surface area contributed by atoms with Gasteiger partial charge in [0.1, 0.15) is 0 Å². The zero-order valence-corrected chi connectivity index (χ0v) is 19.4. The van der Waals surface area contributed by atoms with E-state index in [0.29, 0.717) is 11.4 Å². The van der Waals surface area contributed by atoms with Crippen molar-refractivity contribution in [2.45, 2.75) is 40.9 Å². The van der Waals surface area contributed by atoms with Crippen molar-refractivity contribution in [2.75, 3.05) is 6.54 Å². The standard InChI is InChI=1S/C23H23Cl2NOSe/c1-21(2,3)26-15-22(23(24,25)20(26)27)14-13-19(17-11-7-8-12-18(17)22)28-16-9-5-4-6-10-16/h4-14,19H,15H2,1-3H3/t19-,22?/m1/s1. The van der Waals surface area contributed by atoms with Gasteiger partial charge >= 0.3 is 184 Å². The maximum atomic E-state index is 13.2. The Balaban J connectivity index is 1.80. The molecular formula is C23H23Cl2NOSe. The van der Waals surface area contributed by atoms with E-state index in [9.17, 15) is 4.79 Å². The van der Waals surface area contributed by atoms with Crippen LogP contribution in [0.15, 0.2) is 66.7 Å². The van der Waals surface area contributed by atoms with Gasteiger partial charge in [0.25, 0.3) is 0 Å². The van der Waals surface area contributed by atoms with Crippen LogP contribution in [0.2, 0.25) is 0 Å². The molecule has 2 atom stereocenters. The molecule has 28 heavy (non-hydrogen) atoms. The first-order chi connectivity index (χ1) is 13.2. The summed E-state index contributed by atoms with van der Waals surface area (Å²) in [5, 5.41) is 0. The summed E-state index contributed by atoms with van der Waals surface area (Å²) < 4.78 is -0.172.